The van der Waals surface area contributed by atoms with Crippen LogP contribution in [0.1, 0.15) is 44.2 Å². The molecule has 0 atom stereocenters. The van der Waals surface area contributed by atoms with Gasteiger partial charge in [-0.2, -0.15) is 0 Å². The minimum atomic E-state index is 0.133. The molecule has 5 nitrogen and oxygen atoms in total. The Morgan fingerprint density at radius 2 is 1.40 bits per heavy atom. The maximum atomic E-state index is 9.78. The van der Waals surface area contributed by atoms with E-state index in [0.29, 0.717) is 0 Å². The number of likely N-dealkylation sites (tertiary alicyclic amines) is 1. The lowest BCUT2D eigenvalue weighted by Crippen LogP contribution is -2.33. The Morgan fingerprint density at radius 1 is 0.744 bits per heavy atom. The first-order valence-corrected chi connectivity index (χ1v) is 15.6. The van der Waals surface area contributed by atoms with Gasteiger partial charge in [-0.3, -0.25) is 4.90 Å². The number of piperidine rings is 1. The van der Waals surface area contributed by atoms with Crippen LogP contribution in [0.15, 0.2) is 91.0 Å². The van der Waals surface area contributed by atoms with Gasteiger partial charge in [0.25, 0.3) is 0 Å². The molecular weight excluding hydrogens is 532 g/mol. The van der Waals surface area contributed by atoms with Gasteiger partial charge in [-0.1, -0.05) is 36.8 Å². The fraction of sp³-hybridized carbons (Fsp3) is 0.316. The van der Waals surface area contributed by atoms with Crippen LogP contribution in [0.3, 0.4) is 0 Å². The quantitative estimate of drug-likeness (QED) is 0.181. The molecule has 2 heterocycles. The van der Waals surface area contributed by atoms with Crippen molar-refractivity contribution in [1.29, 1.82) is 0 Å². The summed E-state index contributed by atoms with van der Waals surface area (Å²) in [6.45, 7) is 11.2. The molecule has 0 amide bonds. The average Bonchev–Trinajstić information content (AvgIpc) is 3.29. The molecule has 1 aliphatic rings. The number of aromatic nitrogens is 1. The summed E-state index contributed by atoms with van der Waals surface area (Å²) in [4.78, 5) is 2.51. The molecule has 5 heteroatoms. The highest BCUT2D eigenvalue weighted by atomic mass is 16.5. The zero-order valence-corrected chi connectivity index (χ0v) is 25.6. The van der Waals surface area contributed by atoms with Gasteiger partial charge in [0.1, 0.15) is 23.9 Å². The van der Waals surface area contributed by atoms with E-state index in [-0.39, 0.29) is 11.9 Å². The Kier molecular flexibility index (Phi) is 8.71. The first kappa shape index (κ1) is 28.9. The Morgan fingerprint density at radius 3 is 2.09 bits per heavy atom. The Labute approximate surface area is 255 Å². The summed E-state index contributed by atoms with van der Waals surface area (Å²) in [5, 5.41) is 11.0. The molecule has 4 aromatic carbocycles. The number of fused-ring (bicyclic) bond motifs is 1. The van der Waals surface area contributed by atoms with Crippen LogP contribution in [0.25, 0.3) is 33.3 Å². The maximum Gasteiger partial charge on any atom is 0.119 e. The first-order valence-electron chi connectivity index (χ1n) is 15.6. The minimum Gasteiger partial charge on any atom is -0.508 e. The largest absolute Gasteiger partial charge is 0.508 e. The second kappa shape index (κ2) is 13.0. The molecule has 5 aromatic rings. The van der Waals surface area contributed by atoms with E-state index in [2.05, 4.69) is 83.1 Å². The van der Waals surface area contributed by atoms with Gasteiger partial charge in [-0.15, -0.1) is 0 Å². The highest BCUT2D eigenvalue weighted by molar-refractivity contribution is 5.94. The summed E-state index contributed by atoms with van der Waals surface area (Å²) < 4.78 is 14.5. The van der Waals surface area contributed by atoms with E-state index < -0.39 is 0 Å². The topological polar surface area (TPSA) is 46.9 Å². The first-order chi connectivity index (χ1) is 20.9. The van der Waals surface area contributed by atoms with E-state index in [1.54, 1.807) is 12.1 Å². The van der Waals surface area contributed by atoms with Crippen LogP contribution in [-0.4, -0.2) is 46.9 Å². The monoisotopic (exact) mass is 574 g/mol. The van der Waals surface area contributed by atoms with Crippen molar-refractivity contribution in [2.45, 2.75) is 52.7 Å². The number of aromatic hydroxyl groups is 1. The molecule has 1 N–H and O–H groups in total. The zero-order valence-electron chi connectivity index (χ0n) is 25.6. The molecule has 0 aliphatic carbocycles. The van der Waals surface area contributed by atoms with E-state index in [4.69, 9.17) is 9.47 Å². The summed E-state index contributed by atoms with van der Waals surface area (Å²) in [7, 11) is 0. The van der Waals surface area contributed by atoms with E-state index >= 15 is 0 Å². The standard InChI is InChI=1S/C38H42N2O3/c1-27(2)43-35-18-11-31(12-19-35)38-28(3)36-25-32(30-9-14-33(41)15-10-30)13-20-37(36)40(38)26-29-7-16-34(17-8-29)42-24-23-39-21-5-4-6-22-39/h7-20,25,27,41H,4-6,21-24,26H2,1-3H3. The molecule has 1 saturated heterocycles. The van der Waals surface area contributed by atoms with Gasteiger partial charge in [0, 0.05) is 24.0 Å². The molecule has 1 aliphatic heterocycles. The third-order valence-corrected chi connectivity index (χ3v) is 8.41. The van der Waals surface area contributed by atoms with E-state index in [1.165, 1.54) is 60.1 Å². The van der Waals surface area contributed by atoms with Crippen LogP contribution in [-0.2, 0) is 6.54 Å². The van der Waals surface area contributed by atoms with E-state index in [1.807, 2.05) is 26.0 Å². The zero-order chi connectivity index (χ0) is 29.8. The van der Waals surface area contributed by atoms with Crippen molar-refractivity contribution in [3.8, 4) is 39.6 Å². The van der Waals surface area contributed by atoms with Gasteiger partial charge < -0.3 is 19.1 Å². The molecule has 43 heavy (non-hydrogen) atoms. The van der Waals surface area contributed by atoms with Crippen molar-refractivity contribution in [2.75, 3.05) is 26.2 Å². The number of phenols is 1. The molecule has 0 bridgehead atoms. The van der Waals surface area contributed by atoms with E-state index in [9.17, 15) is 5.11 Å². The summed E-state index contributed by atoms with van der Waals surface area (Å²) in [6.07, 6.45) is 4.10. The average molecular weight is 575 g/mol. The van der Waals surface area contributed by atoms with Crippen LogP contribution >= 0.6 is 0 Å². The van der Waals surface area contributed by atoms with Gasteiger partial charge in [0.15, 0.2) is 0 Å². The van der Waals surface area contributed by atoms with Crippen molar-refractivity contribution in [3.05, 3.63) is 102 Å². The summed E-state index contributed by atoms with van der Waals surface area (Å²) in [6, 6.07) is 31.1. The van der Waals surface area contributed by atoms with Gasteiger partial charge >= 0.3 is 0 Å². The Balaban J connectivity index is 1.30. The van der Waals surface area contributed by atoms with Gasteiger partial charge in [-0.25, -0.2) is 0 Å². The van der Waals surface area contributed by atoms with Crippen molar-refractivity contribution < 1.29 is 14.6 Å². The fourth-order valence-electron chi connectivity index (χ4n) is 6.21. The fourth-order valence-corrected chi connectivity index (χ4v) is 6.21. The van der Waals surface area contributed by atoms with Crippen LogP contribution in [0, 0.1) is 6.92 Å². The number of aryl methyl sites for hydroxylation is 1. The van der Waals surface area contributed by atoms with Crippen molar-refractivity contribution in [1.82, 2.24) is 9.47 Å². The van der Waals surface area contributed by atoms with Crippen LogP contribution in [0.4, 0.5) is 0 Å². The van der Waals surface area contributed by atoms with E-state index in [0.717, 1.165) is 47.9 Å². The minimum absolute atomic E-state index is 0.133. The normalized spacial score (nSPS) is 14.0. The number of hydrogen-bond acceptors (Lipinski definition) is 4. The molecule has 1 fully saturated rings. The number of phenolic OH excluding ortho intramolecular Hbond substituents is 1. The predicted molar refractivity (Wildman–Crippen MR) is 176 cm³/mol. The molecule has 0 spiro atoms. The third kappa shape index (κ3) is 6.73. The molecular formula is C38H42N2O3. The van der Waals surface area contributed by atoms with Crippen molar-refractivity contribution in [3.63, 3.8) is 0 Å². The van der Waals surface area contributed by atoms with Gasteiger partial charge in [-0.05, 0) is 135 Å². The maximum absolute atomic E-state index is 9.78. The second-order valence-electron chi connectivity index (χ2n) is 11.9. The highest BCUT2D eigenvalue weighted by Gasteiger charge is 2.18. The third-order valence-electron chi connectivity index (χ3n) is 8.41. The number of benzene rings is 4. The summed E-state index contributed by atoms with van der Waals surface area (Å²) in [5.41, 5.74) is 8.24. The molecule has 6 rings (SSSR count). The predicted octanol–water partition coefficient (Wildman–Crippen LogP) is 8.69. The molecule has 0 radical (unpaired) electrons. The number of nitrogens with zero attached hydrogens (tertiary/aromatic N) is 2. The lowest BCUT2D eigenvalue weighted by Gasteiger charge is -2.26. The van der Waals surface area contributed by atoms with Crippen LogP contribution in [0.5, 0.6) is 17.2 Å². The molecule has 0 saturated carbocycles. The van der Waals surface area contributed by atoms with Gasteiger partial charge in [0.05, 0.1) is 11.8 Å². The SMILES string of the molecule is Cc1c(-c2ccc(OC(C)C)cc2)n(Cc2ccc(OCCN3CCCCC3)cc2)c2ccc(-c3ccc(O)cc3)cc12. The van der Waals surface area contributed by atoms with Crippen LogP contribution in [0.2, 0.25) is 0 Å². The summed E-state index contributed by atoms with van der Waals surface area (Å²) in [5.74, 6) is 2.08. The number of rotatable bonds is 10. The van der Waals surface area contributed by atoms with Crippen LogP contribution < -0.4 is 9.47 Å². The molecule has 222 valence electrons. The van der Waals surface area contributed by atoms with Crippen molar-refractivity contribution >= 4 is 10.9 Å². The molecule has 1 aromatic heterocycles. The number of hydrogen-bond donors (Lipinski definition) is 1. The number of ether oxygens (including phenoxy) is 2. The molecule has 0 unspecified atom stereocenters. The van der Waals surface area contributed by atoms with Crippen molar-refractivity contribution in [2.24, 2.45) is 0 Å². The highest BCUT2D eigenvalue weighted by Crippen LogP contribution is 2.37. The lowest BCUT2D eigenvalue weighted by atomic mass is 10.0. The smallest absolute Gasteiger partial charge is 0.119 e. The second-order valence-corrected chi connectivity index (χ2v) is 11.9. The van der Waals surface area contributed by atoms with Gasteiger partial charge in [0.2, 0.25) is 0 Å². The lowest BCUT2D eigenvalue weighted by molar-refractivity contribution is 0.183. The Hall–Kier alpha value is -4.22. The summed E-state index contributed by atoms with van der Waals surface area (Å²) >= 11 is 0. The Bertz CT molecular complexity index is 1650.